The van der Waals surface area contributed by atoms with Crippen LogP contribution < -0.4 is 9.47 Å². The molecule has 0 aliphatic carbocycles. The Morgan fingerprint density at radius 2 is 1.79 bits per heavy atom. The largest absolute Gasteiger partial charge is 0.490 e. The van der Waals surface area contributed by atoms with Crippen molar-refractivity contribution in [1.29, 1.82) is 0 Å². The number of ether oxygens (including phenoxy) is 3. The van der Waals surface area contributed by atoms with E-state index in [1.165, 1.54) is 0 Å². The highest BCUT2D eigenvalue weighted by Gasteiger charge is 2.26. The van der Waals surface area contributed by atoms with Crippen molar-refractivity contribution >= 4 is 47.1 Å². The number of nitrogens with zero attached hydrogens (tertiary/aromatic N) is 1. The minimum atomic E-state index is -0.617. The molecule has 34 heavy (non-hydrogen) atoms. The van der Waals surface area contributed by atoms with Crippen LogP contribution in [-0.4, -0.2) is 24.4 Å². The molecule has 0 atom stereocenters. The number of aryl methyl sites for hydroxylation is 1. The van der Waals surface area contributed by atoms with E-state index in [0.717, 1.165) is 5.56 Å². The summed E-state index contributed by atoms with van der Waals surface area (Å²) >= 11 is 12.1. The highest BCUT2D eigenvalue weighted by atomic mass is 35.5. The van der Waals surface area contributed by atoms with Gasteiger partial charge in [-0.15, -0.1) is 0 Å². The molecule has 0 saturated heterocycles. The van der Waals surface area contributed by atoms with Crippen LogP contribution in [0.5, 0.6) is 11.5 Å². The standard InChI is InChI=1S/C26H19Cl2NO5/c1-3-32-23-13-16(6-11-22(23)33-25(30)17-7-4-15(2)5-8-17)12-21-26(31)34-24(29-21)19-10-9-18(27)14-20(19)28/h4-14H,3H2,1-2H3/b21-12+. The van der Waals surface area contributed by atoms with E-state index in [9.17, 15) is 9.59 Å². The number of benzene rings is 3. The van der Waals surface area contributed by atoms with Crippen molar-refractivity contribution in [2.45, 2.75) is 13.8 Å². The van der Waals surface area contributed by atoms with E-state index in [2.05, 4.69) is 4.99 Å². The summed E-state index contributed by atoms with van der Waals surface area (Å²) < 4.78 is 16.5. The smallest absolute Gasteiger partial charge is 0.363 e. The summed E-state index contributed by atoms with van der Waals surface area (Å²) in [7, 11) is 0. The quantitative estimate of drug-likeness (QED) is 0.229. The van der Waals surface area contributed by atoms with Crippen LogP contribution >= 0.6 is 23.2 Å². The first-order chi connectivity index (χ1) is 16.3. The van der Waals surface area contributed by atoms with Crippen molar-refractivity contribution < 1.29 is 23.8 Å². The summed E-state index contributed by atoms with van der Waals surface area (Å²) in [4.78, 5) is 29.2. The van der Waals surface area contributed by atoms with Crippen LogP contribution in [0.3, 0.4) is 0 Å². The van der Waals surface area contributed by atoms with E-state index in [-0.39, 0.29) is 17.3 Å². The Kier molecular flexibility index (Phi) is 7.01. The van der Waals surface area contributed by atoms with Crippen LogP contribution in [0, 0.1) is 6.92 Å². The Morgan fingerprint density at radius 1 is 1.03 bits per heavy atom. The molecule has 0 fully saturated rings. The lowest BCUT2D eigenvalue weighted by molar-refractivity contribution is -0.129. The fourth-order valence-corrected chi connectivity index (χ4v) is 3.65. The van der Waals surface area contributed by atoms with Crippen LogP contribution in [0.25, 0.3) is 6.08 Å². The predicted molar refractivity (Wildman–Crippen MR) is 131 cm³/mol. The van der Waals surface area contributed by atoms with Gasteiger partial charge in [-0.2, -0.15) is 0 Å². The van der Waals surface area contributed by atoms with Crippen molar-refractivity contribution in [3.8, 4) is 11.5 Å². The summed E-state index contributed by atoms with van der Waals surface area (Å²) in [6.07, 6.45) is 1.55. The molecule has 0 saturated carbocycles. The maximum atomic E-state index is 12.5. The zero-order valence-corrected chi connectivity index (χ0v) is 19.8. The molecule has 0 amide bonds. The van der Waals surface area contributed by atoms with Gasteiger partial charge >= 0.3 is 11.9 Å². The van der Waals surface area contributed by atoms with E-state index in [4.69, 9.17) is 37.4 Å². The highest BCUT2D eigenvalue weighted by Crippen LogP contribution is 2.31. The summed E-state index contributed by atoms with van der Waals surface area (Å²) in [6.45, 7) is 4.11. The van der Waals surface area contributed by atoms with Gasteiger partial charge in [-0.25, -0.2) is 14.6 Å². The summed E-state index contributed by atoms with van der Waals surface area (Å²) in [6, 6.07) is 16.8. The molecule has 0 bridgehead atoms. The van der Waals surface area contributed by atoms with Gasteiger partial charge in [-0.1, -0.05) is 47.0 Å². The first kappa shape index (κ1) is 23.5. The van der Waals surface area contributed by atoms with Crippen LogP contribution in [0.4, 0.5) is 0 Å². The molecule has 8 heteroatoms. The van der Waals surface area contributed by atoms with Gasteiger partial charge in [-0.05, 0) is 68.0 Å². The van der Waals surface area contributed by atoms with Crippen LogP contribution in [0.1, 0.15) is 34.0 Å². The second kappa shape index (κ2) is 10.1. The number of halogens is 2. The van der Waals surface area contributed by atoms with Gasteiger partial charge in [0.2, 0.25) is 5.90 Å². The topological polar surface area (TPSA) is 74.2 Å². The number of esters is 2. The monoisotopic (exact) mass is 495 g/mol. The van der Waals surface area contributed by atoms with E-state index < -0.39 is 11.9 Å². The molecule has 172 valence electrons. The first-order valence-corrected chi connectivity index (χ1v) is 11.1. The van der Waals surface area contributed by atoms with Crippen LogP contribution in [0.15, 0.2) is 71.4 Å². The fourth-order valence-electron chi connectivity index (χ4n) is 3.16. The molecule has 3 aromatic rings. The average Bonchev–Trinajstić information content (AvgIpc) is 3.15. The third-order valence-corrected chi connectivity index (χ3v) is 5.39. The molecule has 6 nitrogen and oxygen atoms in total. The summed E-state index contributed by atoms with van der Waals surface area (Å²) in [5, 5.41) is 0.778. The molecular formula is C26H19Cl2NO5. The molecule has 0 N–H and O–H groups in total. The molecule has 3 aromatic carbocycles. The third kappa shape index (κ3) is 5.30. The van der Waals surface area contributed by atoms with Crippen LogP contribution in [0.2, 0.25) is 10.0 Å². The second-order valence-corrected chi connectivity index (χ2v) is 8.20. The Morgan fingerprint density at radius 3 is 2.50 bits per heavy atom. The number of hydrogen-bond acceptors (Lipinski definition) is 6. The van der Waals surface area contributed by atoms with E-state index in [1.807, 2.05) is 26.0 Å². The molecule has 4 rings (SSSR count). The molecular weight excluding hydrogens is 477 g/mol. The molecule has 1 heterocycles. The first-order valence-electron chi connectivity index (χ1n) is 10.4. The van der Waals surface area contributed by atoms with Crippen LogP contribution in [-0.2, 0) is 9.53 Å². The highest BCUT2D eigenvalue weighted by molar-refractivity contribution is 6.37. The predicted octanol–water partition coefficient (Wildman–Crippen LogP) is 6.26. The SMILES string of the molecule is CCOc1cc(/C=C2/N=C(c3ccc(Cl)cc3Cl)OC2=O)ccc1OC(=O)c1ccc(C)cc1. The number of carbonyl (C=O) groups excluding carboxylic acids is 2. The minimum Gasteiger partial charge on any atom is -0.490 e. The number of carbonyl (C=O) groups is 2. The molecule has 1 aliphatic heterocycles. The van der Waals surface area contributed by atoms with Gasteiger partial charge < -0.3 is 14.2 Å². The van der Waals surface area contributed by atoms with Gasteiger partial charge in [0.25, 0.3) is 0 Å². The number of aliphatic imine (C=N–C) groups is 1. The number of cyclic esters (lactones) is 1. The summed E-state index contributed by atoms with van der Waals surface area (Å²) in [5.74, 6) is -0.407. The normalized spacial score (nSPS) is 14.1. The molecule has 0 unspecified atom stereocenters. The second-order valence-electron chi connectivity index (χ2n) is 7.35. The average molecular weight is 496 g/mol. The fraction of sp³-hybridized carbons (Fsp3) is 0.115. The van der Waals surface area contributed by atoms with E-state index in [1.54, 1.807) is 54.6 Å². The zero-order chi connectivity index (χ0) is 24.2. The maximum Gasteiger partial charge on any atom is 0.363 e. The van der Waals surface area contributed by atoms with E-state index in [0.29, 0.717) is 39.1 Å². The van der Waals surface area contributed by atoms with Crippen molar-refractivity contribution in [2.75, 3.05) is 6.61 Å². The van der Waals surface area contributed by atoms with E-state index >= 15 is 0 Å². The molecule has 0 aromatic heterocycles. The van der Waals surface area contributed by atoms with Crippen molar-refractivity contribution in [3.05, 3.63) is 98.7 Å². The lowest BCUT2D eigenvalue weighted by Crippen LogP contribution is -2.09. The Hall–Kier alpha value is -3.61. The van der Waals surface area contributed by atoms with Gasteiger partial charge in [0.05, 0.1) is 22.8 Å². The van der Waals surface area contributed by atoms with Crippen molar-refractivity contribution in [1.82, 2.24) is 0 Å². The van der Waals surface area contributed by atoms with Gasteiger partial charge in [-0.3, -0.25) is 0 Å². The van der Waals surface area contributed by atoms with Gasteiger partial charge in [0.15, 0.2) is 17.2 Å². The maximum absolute atomic E-state index is 12.5. The molecule has 1 aliphatic rings. The van der Waals surface area contributed by atoms with Gasteiger partial charge in [0.1, 0.15) is 0 Å². The lowest BCUT2D eigenvalue weighted by atomic mass is 10.1. The number of hydrogen-bond donors (Lipinski definition) is 0. The Labute approximate surface area is 206 Å². The van der Waals surface area contributed by atoms with Gasteiger partial charge in [0, 0.05) is 5.02 Å². The summed E-state index contributed by atoms with van der Waals surface area (Å²) in [5.41, 5.74) is 2.62. The molecule has 0 spiro atoms. The number of rotatable bonds is 6. The van der Waals surface area contributed by atoms with Crippen molar-refractivity contribution in [3.63, 3.8) is 0 Å². The Bertz CT molecular complexity index is 1330. The van der Waals surface area contributed by atoms with Crippen molar-refractivity contribution in [2.24, 2.45) is 4.99 Å². The lowest BCUT2D eigenvalue weighted by Gasteiger charge is -2.11. The Balaban J connectivity index is 1.60. The molecule has 0 radical (unpaired) electrons. The minimum absolute atomic E-state index is 0.0894. The zero-order valence-electron chi connectivity index (χ0n) is 18.3. The third-order valence-electron chi connectivity index (χ3n) is 4.84.